The Kier molecular flexibility index (Phi) is 6.44. The lowest BCUT2D eigenvalue weighted by Crippen LogP contribution is -2.29. The van der Waals surface area contributed by atoms with Crippen molar-refractivity contribution < 1.29 is 22.1 Å². The minimum absolute atomic E-state index is 0.0968. The Labute approximate surface area is 175 Å². The van der Waals surface area contributed by atoms with E-state index in [1.54, 1.807) is 13.0 Å². The molecule has 0 aliphatic heterocycles. The molecule has 0 radical (unpaired) electrons. The van der Waals surface area contributed by atoms with Crippen molar-refractivity contribution in [2.45, 2.75) is 37.1 Å². The van der Waals surface area contributed by atoms with Gasteiger partial charge in [-0.15, -0.1) is 0 Å². The quantitative estimate of drug-likeness (QED) is 0.617. The van der Waals surface area contributed by atoms with Crippen molar-refractivity contribution in [3.05, 3.63) is 46.0 Å². The van der Waals surface area contributed by atoms with E-state index in [-0.39, 0.29) is 29.4 Å². The van der Waals surface area contributed by atoms with Gasteiger partial charge in [-0.3, -0.25) is 14.1 Å². The molecule has 1 aliphatic carbocycles. The second-order valence-electron chi connectivity index (χ2n) is 7.45. The summed E-state index contributed by atoms with van der Waals surface area (Å²) in [7, 11) is 1.03. The van der Waals surface area contributed by atoms with Crippen LogP contribution in [0.2, 0.25) is 0 Å². The van der Waals surface area contributed by atoms with E-state index in [9.17, 15) is 22.2 Å². The lowest BCUT2D eigenvalue weighted by Gasteiger charge is -2.22. The first-order chi connectivity index (χ1) is 14.2. The third-order valence-corrected chi connectivity index (χ3v) is 6.91. The highest BCUT2D eigenvalue weighted by Gasteiger charge is 2.51. The van der Waals surface area contributed by atoms with Crippen LogP contribution >= 0.6 is 0 Å². The van der Waals surface area contributed by atoms with Crippen LogP contribution in [0.4, 0.5) is 30.4 Å². The molecule has 2 aromatic rings. The van der Waals surface area contributed by atoms with Gasteiger partial charge in [-0.25, -0.2) is 17.4 Å². The number of hydrogen-bond donors (Lipinski definition) is 2. The van der Waals surface area contributed by atoms with Gasteiger partial charge in [-0.1, -0.05) is 6.07 Å². The van der Waals surface area contributed by atoms with Gasteiger partial charge in [-0.05, 0) is 37.5 Å². The Bertz CT molecular complexity index is 1020. The number of anilines is 3. The molecular weight excluding hydrogens is 419 g/mol. The first-order valence-corrected chi connectivity index (χ1v) is 10.6. The molecule has 1 saturated carbocycles. The number of aromatic nitrogens is 1. The second kappa shape index (κ2) is 8.71. The Hall–Kier alpha value is -2.49. The van der Waals surface area contributed by atoms with Crippen molar-refractivity contribution >= 4 is 28.2 Å². The predicted molar refractivity (Wildman–Crippen MR) is 112 cm³/mol. The summed E-state index contributed by atoms with van der Waals surface area (Å²) in [6.45, 7) is 0.608. The van der Waals surface area contributed by atoms with Crippen molar-refractivity contribution in [2.75, 3.05) is 23.8 Å². The Morgan fingerprint density at radius 1 is 1.33 bits per heavy atom. The minimum Gasteiger partial charge on any atom is -0.494 e. The van der Waals surface area contributed by atoms with Crippen LogP contribution < -0.4 is 20.3 Å². The van der Waals surface area contributed by atoms with Gasteiger partial charge in [0.25, 0.3) is 5.56 Å². The average Bonchev–Trinajstić information content (AvgIpc) is 3.49. The summed E-state index contributed by atoms with van der Waals surface area (Å²) in [5.41, 5.74) is 0.571. The molecule has 2 N–H and O–H groups in total. The van der Waals surface area contributed by atoms with Crippen LogP contribution in [-0.4, -0.2) is 33.5 Å². The van der Waals surface area contributed by atoms with Crippen LogP contribution in [0, 0.1) is 12.7 Å². The molecule has 164 valence electrons. The number of methoxy groups -OCH3 is 1. The molecule has 2 atom stereocenters. The molecule has 0 amide bonds. The standard InChI is InChI=1S/C20H24F3N3O3S/c1-12-4-5-15(14(23)8-12)24-19-18(16(29-3)9-17(27)26(19)2)25-30(28)20(6-7-20)10-13(22)11-21/h4-5,8-9,13,24-25H,6-7,10-11H2,1-3H3. The lowest BCUT2D eigenvalue weighted by molar-refractivity contribution is 0.243. The summed E-state index contributed by atoms with van der Waals surface area (Å²) < 4.78 is 62.0. The topological polar surface area (TPSA) is 72.4 Å². The number of ether oxygens (including phenoxy) is 1. The van der Waals surface area contributed by atoms with Gasteiger partial charge in [0.1, 0.15) is 41.2 Å². The second-order valence-corrected chi connectivity index (χ2v) is 9.06. The van der Waals surface area contributed by atoms with Gasteiger partial charge in [-0.2, -0.15) is 0 Å². The minimum atomic E-state index is -1.78. The summed E-state index contributed by atoms with van der Waals surface area (Å²) in [4.78, 5) is 12.3. The molecule has 1 fully saturated rings. The normalized spacial score (nSPS) is 16.6. The highest BCUT2D eigenvalue weighted by Crippen LogP contribution is 2.47. The smallest absolute Gasteiger partial charge is 0.255 e. The molecule has 30 heavy (non-hydrogen) atoms. The molecule has 0 saturated heterocycles. The summed E-state index contributed by atoms with van der Waals surface area (Å²) in [5.74, 6) is -0.299. The Morgan fingerprint density at radius 2 is 2.03 bits per heavy atom. The number of aryl methyl sites for hydroxylation is 1. The number of pyridine rings is 1. The third-order valence-electron chi connectivity index (χ3n) is 5.16. The van der Waals surface area contributed by atoms with Crippen LogP contribution in [0.3, 0.4) is 0 Å². The van der Waals surface area contributed by atoms with E-state index >= 15 is 0 Å². The van der Waals surface area contributed by atoms with Gasteiger partial charge < -0.3 is 10.1 Å². The number of hydrogen-bond acceptors (Lipinski definition) is 4. The molecule has 1 aliphatic rings. The van der Waals surface area contributed by atoms with Crippen LogP contribution in [-0.2, 0) is 18.0 Å². The predicted octanol–water partition coefficient (Wildman–Crippen LogP) is 3.89. The number of benzene rings is 1. The van der Waals surface area contributed by atoms with E-state index in [0.717, 1.165) is 5.56 Å². The molecule has 10 heteroatoms. The van der Waals surface area contributed by atoms with Gasteiger partial charge in [0.2, 0.25) is 0 Å². The number of nitrogens with one attached hydrogen (secondary N) is 2. The highest BCUT2D eigenvalue weighted by molar-refractivity contribution is 7.88. The first kappa shape index (κ1) is 22.2. The van der Waals surface area contributed by atoms with E-state index in [1.165, 1.54) is 36.9 Å². The molecule has 3 rings (SSSR count). The monoisotopic (exact) mass is 443 g/mol. The molecule has 1 heterocycles. The average molecular weight is 443 g/mol. The molecule has 1 aromatic carbocycles. The molecular formula is C20H24F3N3O3S. The van der Waals surface area contributed by atoms with Crippen LogP contribution in [0.15, 0.2) is 29.1 Å². The molecule has 0 bridgehead atoms. The van der Waals surface area contributed by atoms with E-state index in [4.69, 9.17) is 4.74 Å². The number of nitrogens with zero attached hydrogens (tertiary/aromatic N) is 1. The summed E-state index contributed by atoms with van der Waals surface area (Å²) in [5, 5.41) is 2.86. The maximum Gasteiger partial charge on any atom is 0.255 e. The zero-order valence-electron chi connectivity index (χ0n) is 16.9. The Morgan fingerprint density at radius 3 is 2.60 bits per heavy atom. The molecule has 1 aromatic heterocycles. The van der Waals surface area contributed by atoms with Gasteiger partial charge in [0.05, 0.1) is 17.5 Å². The Balaban J connectivity index is 2.00. The maximum atomic E-state index is 14.4. The van der Waals surface area contributed by atoms with Crippen molar-refractivity contribution in [3.63, 3.8) is 0 Å². The molecule has 2 unspecified atom stereocenters. The van der Waals surface area contributed by atoms with E-state index in [2.05, 4.69) is 10.0 Å². The number of alkyl halides is 2. The summed E-state index contributed by atoms with van der Waals surface area (Å²) in [6, 6.07) is 5.76. The maximum absolute atomic E-state index is 14.4. The van der Waals surface area contributed by atoms with Gasteiger partial charge in [0, 0.05) is 19.5 Å². The lowest BCUT2D eigenvalue weighted by atomic mass is 10.2. The van der Waals surface area contributed by atoms with E-state index in [1.807, 2.05) is 0 Å². The molecule has 6 nitrogen and oxygen atoms in total. The zero-order chi connectivity index (χ0) is 22.1. The van der Waals surface area contributed by atoms with E-state index < -0.39 is 40.0 Å². The first-order valence-electron chi connectivity index (χ1n) is 9.40. The summed E-state index contributed by atoms with van der Waals surface area (Å²) >= 11 is 0. The fraction of sp³-hybridized carbons (Fsp3) is 0.450. The van der Waals surface area contributed by atoms with Crippen molar-refractivity contribution in [1.82, 2.24) is 4.57 Å². The fourth-order valence-electron chi connectivity index (χ4n) is 3.19. The van der Waals surface area contributed by atoms with Gasteiger partial charge in [0.15, 0.2) is 5.75 Å². The highest BCUT2D eigenvalue weighted by atomic mass is 32.2. The largest absolute Gasteiger partial charge is 0.494 e. The fourth-order valence-corrected chi connectivity index (χ4v) is 4.60. The zero-order valence-corrected chi connectivity index (χ0v) is 17.7. The third kappa shape index (κ3) is 4.48. The SMILES string of the molecule is COc1cc(=O)n(C)c(Nc2ccc(C)cc2F)c1NS(=O)C1(CC(F)CF)CC1. The summed E-state index contributed by atoms with van der Waals surface area (Å²) in [6.07, 6.45) is -0.904. The van der Waals surface area contributed by atoms with Crippen molar-refractivity contribution in [2.24, 2.45) is 7.05 Å². The van der Waals surface area contributed by atoms with Crippen molar-refractivity contribution in [1.29, 1.82) is 0 Å². The van der Waals surface area contributed by atoms with Crippen LogP contribution in [0.25, 0.3) is 0 Å². The number of rotatable bonds is 9. The molecule has 0 spiro atoms. The van der Waals surface area contributed by atoms with Crippen LogP contribution in [0.5, 0.6) is 5.75 Å². The van der Waals surface area contributed by atoms with E-state index in [0.29, 0.717) is 12.8 Å². The van der Waals surface area contributed by atoms with Crippen molar-refractivity contribution in [3.8, 4) is 5.75 Å². The van der Waals surface area contributed by atoms with Gasteiger partial charge >= 0.3 is 0 Å². The number of halogens is 3. The van der Waals surface area contributed by atoms with Crippen LogP contribution in [0.1, 0.15) is 24.8 Å².